The van der Waals surface area contributed by atoms with Crippen molar-refractivity contribution in [2.75, 3.05) is 18.4 Å². The highest BCUT2D eigenvalue weighted by Crippen LogP contribution is 2.29. The monoisotopic (exact) mass is 449 g/mol. The minimum absolute atomic E-state index is 0.114. The van der Waals surface area contributed by atoms with Gasteiger partial charge in [0.1, 0.15) is 0 Å². The molecule has 0 saturated carbocycles. The van der Waals surface area contributed by atoms with Crippen molar-refractivity contribution in [2.45, 2.75) is 25.3 Å². The Balaban J connectivity index is 1.37. The molecule has 3 aromatic heterocycles. The van der Waals surface area contributed by atoms with Gasteiger partial charge in [-0.2, -0.15) is 5.10 Å². The van der Waals surface area contributed by atoms with Gasteiger partial charge in [-0.15, -0.1) is 0 Å². The maximum Gasteiger partial charge on any atom is 0.277 e. The van der Waals surface area contributed by atoms with Crippen molar-refractivity contribution in [1.82, 2.24) is 30.0 Å². The molecule has 0 atom stereocenters. The van der Waals surface area contributed by atoms with Gasteiger partial charge in [0.2, 0.25) is 0 Å². The number of piperidine rings is 1. The first-order chi connectivity index (χ1) is 16.0. The largest absolute Gasteiger partial charge is 0.304 e. The van der Waals surface area contributed by atoms with Gasteiger partial charge in [-0.25, -0.2) is 13.8 Å². The second-order valence-corrected chi connectivity index (χ2v) is 8.09. The molecule has 1 aliphatic rings. The van der Waals surface area contributed by atoms with Crippen molar-refractivity contribution in [3.8, 4) is 11.1 Å². The van der Waals surface area contributed by atoms with E-state index in [1.165, 1.54) is 18.6 Å². The number of H-pyrrole nitrogens is 1. The van der Waals surface area contributed by atoms with E-state index in [1.807, 2.05) is 29.2 Å². The molecule has 4 aromatic rings. The van der Waals surface area contributed by atoms with E-state index in [0.29, 0.717) is 30.8 Å². The van der Waals surface area contributed by atoms with Crippen LogP contribution >= 0.6 is 0 Å². The zero-order chi connectivity index (χ0) is 22.8. The number of hydrogen-bond acceptors (Lipinski definition) is 6. The van der Waals surface area contributed by atoms with Gasteiger partial charge < -0.3 is 5.32 Å². The first-order valence-electron chi connectivity index (χ1n) is 10.6. The number of aromatic amines is 1. The third kappa shape index (κ3) is 4.70. The fraction of sp³-hybridized carbons (Fsp3) is 0.261. The average molecular weight is 449 g/mol. The topological polar surface area (TPSA) is 99.7 Å². The highest BCUT2D eigenvalue weighted by atomic mass is 19.3. The summed E-state index contributed by atoms with van der Waals surface area (Å²) in [4.78, 5) is 27.1. The van der Waals surface area contributed by atoms with E-state index < -0.39 is 11.8 Å². The molecule has 5 rings (SSSR count). The molecule has 0 spiro atoms. The zero-order valence-corrected chi connectivity index (χ0v) is 17.6. The normalized spacial score (nSPS) is 16.1. The number of likely N-dealkylation sites (tertiary alicyclic amines) is 1. The maximum atomic E-state index is 13.4. The van der Waals surface area contributed by atoms with Gasteiger partial charge in [0, 0.05) is 68.2 Å². The van der Waals surface area contributed by atoms with Gasteiger partial charge in [0.25, 0.3) is 11.8 Å². The van der Waals surface area contributed by atoms with E-state index in [4.69, 9.17) is 0 Å². The molecule has 0 aliphatic carbocycles. The Hall–Kier alpha value is -3.79. The van der Waals surface area contributed by atoms with Crippen LogP contribution in [-0.2, 0) is 6.54 Å². The Morgan fingerprint density at radius 2 is 1.91 bits per heavy atom. The lowest BCUT2D eigenvalue weighted by molar-refractivity contribution is -0.0566. The Kier molecular flexibility index (Phi) is 5.51. The molecule has 1 amide bonds. The summed E-state index contributed by atoms with van der Waals surface area (Å²) >= 11 is 0. The van der Waals surface area contributed by atoms with Crippen LogP contribution in [0.25, 0.3) is 22.0 Å². The molecule has 8 nitrogen and oxygen atoms in total. The second-order valence-electron chi connectivity index (χ2n) is 8.09. The van der Waals surface area contributed by atoms with E-state index in [-0.39, 0.29) is 18.5 Å². The molecule has 0 unspecified atom stereocenters. The number of nitrogens with one attached hydrogen (secondary N) is 2. The number of rotatable bonds is 5. The lowest BCUT2D eigenvalue weighted by atomic mass is 10.0. The first-order valence-corrected chi connectivity index (χ1v) is 10.6. The van der Waals surface area contributed by atoms with Crippen LogP contribution in [0.4, 0.5) is 14.6 Å². The highest BCUT2D eigenvalue weighted by molar-refractivity contribution is 6.11. The minimum Gasteiger partial charge on any atom is -0.304 e. The molecule has 4 heterocycles. The van der Waals surface area contributed by atoms with Gasteiger partial charge >= 0.3 is 0 Å². The van der Waals surface area contributed by atoms with Crippen LogP contribution in [0, 0.1) is 0 Å². The van der Waals surface area contributed by atoms with Crippen LogP contribution in [-0.4, -0.2) is 55.0 Å². The van der Waals surface area contributed by atoms with Crippen molar-refractivity contribution in [1.29, 1.82) is 0 Å². The zero-order valence-electron chi connectivity index (χ0n) is 17.6. The molecule has 10 heteroatoms. The molecule has 33 heavy (non-hydrogen) atoms. The SMILES string of the molecule is O=C(Nc1cnccn1)c1n[nH]c2ccc(-c3cncc(CN4CCC(F)(F)CC4)c3)cc12. The first kappa shape index (κ1) is 21.1. The Bertz CT molecular complexity index is 1280. The van der Waals surface area contributed by atoms with Crippen molar-refractivity contribution >= 4 is 22.6 Å². The number of hydrogen-bond donors (Lipinski definition) is 2. The van der Waals surface area contributed by atoms with Crippen LogP contribution < -0.4 is 5.32 Å². The molecule has 0 radical (unpaired) electrons. The number of aromatic nitrogens is 5. The molecule has 1 aromatic carbocycles. The third-order valence-corrected chi connectivity index (χ3v) is 5.70. The number of benzene rings is 1. The summed E-state index contributed by atoms with van der Waals surface area (Å²) < 4.78 is 26.9. The van der Waals surface area contributed by atoms with Crippen LogP contribution in [0.2, 0.25) is 0 Å². The van der Waals surface area contributed by atoms with Crippen molar-refractivity contribution in [3.63, 3.8) is 0 Å². The molecule has 1 fully saturated rings. The predicted molar refractivity (Wildman–Crippen MR) is 119 cm³/mol. The Labute approximate surface area is 188 Å². The van der Waals surface area contributed by atoms with Crippen molar-refractivity contribution in [3.05, 3.63) is 66.5 Å². The number of nitrogens with zero attached hydrogens (tertiary/aromatic N) is 5. The van der Waals surface area contributed by atoms with Gasteiger partial charge in [0.15, 0.2) is 11.5 Å². The standard InChI is InChI=1S/C23H21F2N7O/c24-23(25)3-7-32(8-4-23)14-15-9-17(12-27-11-15)16-1-2-19-18(10-16)21(31-30-19)22(33)29-20-13-26-5-6-28-20/h1-2,5-6,9-13H,3-4,7-8,14H2,(H,30,31)(H,28,29,33). The number of alkyl halides is 2. The van der Waals surface area contributed by atoms with Crippen LogP contribution in [0.1, 0.15) is 28.9 Å². The van der Waals surface area contributed by atoms with Crippen molar-refractivity contribution in [2.24, 2.45) is 0 Å². The number of fused-ring (bicyclic) bond motifs is 1. The smallest absolute Gasteiger partial charge is 0.277 e. The molecule has 1 aliphatic heterocycles. The van der Waals surface area contributed by atoms with Gasteiger partial charge in [0.05, 0.1) is 11.7 Å². The Morgan fingerprint density at radius 1 is 1.06 bits per heavy atom. The molecule has 2 N–H and O–H groups in total. The highest BCUT2D eigenvalue weighted by Gasteiger charge is 2.33. The van der Waals surface area contributed by atoms with Crippen LogP contribution in [0.3, 0.4) is 0 Å². The summed E-state index contributed by atoms with van der Waals surface area (Å²) in [6.45, 7) is 1.29. The molecular weight excluding hydrogens is 428 g/mol. The lowest BCUT2D eigenvalue weighted by Gasteiger charge is -2.31. The number of amides is 1. The Morgan fingerprint density at radius 3 is 2.70 bits per heavy atom. The van der Waals surface area contributed by atoms with E-state index in [1.54, 1.807) is 12.4 Å². The second kappa shape index (κ2) is 8.62. The number of halogens is 2. The van der Waals surface area contributed by atoms with E-state index >= 15 is 0 Å². The summed E-state index contributed by atoms with van der Waals surface area (Å²) in [6, 6.07) is 7.66. The predicted octanol–water partition coefficient (Wildman–Crippen LogP) is 3.90. The number of anilines is 1. The molecule has 1 saturated heterocycles. The number of carbonyl (C=O) groups is 1. The van der Waals surface area contributed by atoms with Crippen LogP contribution in [0.5, 0.6) is 0 Å². The molecule has 0 bridgehead atoms. The third-order valence-electron chi connectivity index (χ3n) is 5.70. The van der Waals surface area contributed by atoms with Gasteiger partial charge in [-0.3, -0.25) is 24.8 Å². The molecular formula is C23H21F2N7O. The fourth-order valence-corrected chi connectivity index (χ4v) is 3.93. The fourth-order valence-electron chi connectivity index (χ4n) is 3.93. The van der Waals surface area contributed by atoms with E-state index in [2.05, 4.69) is 30.5 Å². The van der Waals surface area contributed by atoms with Crippen LogP contribution in [0.15, 0.2) is 55.2 Å². The average Bonchev–Trinajstić information content (AvgIpc) is 3.25. The van der Waals surface area contributed by atoms with E-state index in [9.17, 15) is 13.6 Å². The summed E-state index contributed by atoms with van der Waals surface area (Å²) in [5.41, 5.74) is 3.66. The van der Waals surface area contributed by atoms with E-state index in [0.717, 1.165) is 22.2 Å². The van der Waals surface area contributed by atoms with Gasteiger partial charge in [-0.05, 0) is 29.3 Å². The summed E-state index contributed by atoms with van der Waals surface area (Å²) in [7, 11) is 0. The number of pyridine rings is 1. The van der Waals surface area contributed by atoms with Gasteiger partial charge in [-0.1, -0.05) is 6.07 Å². The quantitative estimate of drug-likeness (QED) is 0.479. The lowest BCUT2D eigenvalue weighted by Crippen LogP contribution is -2.38. The van der Waals surface area contributed by atoms with Crippen molar-refractivity contribution < 1.29 is 13.6 Å². The molecule has 168 valence electrons. The summed E-state index contributed by atoms with van der Waals surface area (Å²) in [5, 5.41) is 10.4. The summed E-state index contributed by atoms with van der Waals surface area (Å²) in [6.07, 6.45) is 7.74. The summed E-state index contributed by atoms with van der Waals surface area (Å²) in [5.74, 6) is -2.62. The maximum absolute atomic E-state index is 13.4. The minimum atomic E-state index is -2.56. The number of carbonyl (C=O) groups excluding carboxylic acids is 1.